The molecular formula is C22H26O4. The minimum atomic E-state index is -0.372. The summed E-state index contributed by atoms with van der Waals surface area (Å²) in [4.78, 5) is 11.7. The molecule has 26 heavy (non-hydrogen) atoms. The van der Waals surface area contributed by atoms with Crippen LogP contribution in [0.15, 0.2) is 54.6 Å². The smallest absolute Gasteiger partial charge is 0.333 e. The number of aliphatic hydroxyl groups is 1. The molecule has 0 aliphatic carbocycles. The van der Waals surface area contributed by atoms with Gasteiger partial charge < -0.3 is 14.6 Å². The zero-order valence-corrected chi connectivity index (χ0v) is 15.5. The maximum atomic E-state index is 11.7. The van der Waals surface area contributed by atoms with Gasteiger partial charge in [-0.2, -0.15) is 0 Å². The van der Waals surface area contributed by atoms with Gasteiger partial charge in [0.2, 0.25) is 0 Å². The fraction of sp³-hybridized carbons (Fsp3) is 0.318. The third-order valence-electron chi connectivity index (χ3n) is 3.98. The Balaban J connectivity index is 2.22. The lowest BCUT2D eigenvalue weighted by molar-refractivity contribution is -0.140. The highest BCUT2D eigenvalue weighted by molar-refractivity contribution is 5.86. The first-order valence-corrected chi connectivity index (χ1v) is 8.83. The Morgan fingerprint density at radius 2 is 1.77 bits per heavy atom. The Bertz CT molecular complexity index is 747. The predicted molar refractivity (Wildman–Crippen MR) is 103 cm³/mol. The number of aliphatic hydroxyl groups excluding tert-OH is 1. The van der Waals surface area contributed by atoms with Crippen LogP contribution < -0.4 is 4.74 Å². The zero-order chi connectivity index (χ0) is 18.9. The Labute approximate surface area is 155 Å². The molecule has 0 spiro atoms. The molecule has 138 valence electrons. The highest BCUT2D eigenvalue weighted by Crippen LogP contribution is 2.26. The first-order chi connectivity index (χ1) is 12.5. The third-order valence-corrected chi connectivity index (χ3v) is 3.98. The van der Waals surface area contributed by atoms with Crippen LogP contribution in [0, 0.1) is 0 Å². The van der Waals surface area contributed by atoms with Crippen LogP contribution >= 0.6 is 0 Å². The molecule has 0 amide bonds. The monoisotopic (exact) mass is 354 g/mol. The number of carbonyl (C=O) groups excluding carboxylic acids is 1. The van der Waals surface area contributed by atoms with Crippen LogP contribution in [-0.4, -0.2) is 24.3 Å². The molecule has 4 nitrogen and oxygen atoms in total. The summed E-state index contributed by atoms with van der Waals surface area (Å²) < 4.78 is 10.7. The highest BCUT2D eigenvalue weighted by atomic mass is 16.5. The lowest BCUT2D eigenvalue weighted by Crippen LogP contribution is -2.06. The average molecular weight is 354 g/mol. The third kappa shape index (κ3) is 5.46. The van der Waals surface area contributed by atoms with Crippen LogP contribution in [-0.2, 0) is 22.6 Å². The standard InChI is InChI=1S/C22H26O4/c1-4-5-17-6-7-19(14-20(17)15-26-22(24)16(2)3)18-8-10-21(11-9-18)25-13-12-23/h6-11,14,23H,2,4-5,12-13,15H2,1,3H3. The van der Waals surface area contributed by atoms with Crippen molar-refractivity contribution in [2.75, 3.05) is 13.2 Å². The van der Waals surface area contributed by atoms with Gasteiger partial charge >= 0.3 is 5.97 Å². The molecule has 0 radical (unpaired) electrons. The predicted octanol–water partition coefficient (Wildman–Crippen LogP) is 4.30. The molecule has 1 N–H and O–H groups in total. The molecule has 2 aromatic carbocycles. The number of ether oxygens (including phenoxy) is 2. The second-order valence-corrected chi connectivity index (χ2v) is 6.19. The summed E-state index contributed by atoms with van der Waals surface area (Å²) in [5, 5.41) is 8.82. The molecule has 0 saturated carbocycles. The summed E-state index contributed by atoms with van der Waals surface area (Å²) in [6.45, 7) is 7.91. The van der Waals surface area contributed by atoms with Crippen LogP contribution in [0.2, 0.25) is 0 Å². The van der Waals surface area contributed by atoms with E-state index in [4.69, 9.17) is 14.6 Å². The van der Waals surface area contributed by atoms with Crippen LogP contribution in [0.4, 0.5) is 0 Å². The van der Waals surface area contributed by atoms with Crippen LogP contribution in [0.5, 0.6) is 5.75 Å². The van der Waals surface area contributed by atoms with Crippen molar-refractivity contribution in [1.82, 2.24) is 0 Å². The normalized spacial score (nSPS) is 10.4. The second-order valence-electron chi connectivity index (χ2n) is 6.19. The zero-order valence-electron chi connectivity index (χ0n) is 15.5. The van der Waals surface area contributed by atoms with Gasteiger partial charge in [-0.25, -0.2) is 4.79 Å². The van der Waals surface area contributed by atoms with E-state index in [2.05, 4.69) is 31.7 Å². The van der Waals surface area contributed by atoms with E-state index in [0.717, 1.165) is 35.3 Å². The molecule has 2 aromatic rings. The Morgan fingerprint density at radius 3 is 2.38 bits per heavy atom. The summed E-state index contributed by atoms with van der Waals surface area (Å²) in [6, 6.07) is 14.0. The van der Waals surface area contributed by atoms with Gasteiger partial charge in [0.15, 0.2) is 0 Å². The van der Waals surface area contributed by atoms with Gasteiger partial charge in [0.05, 0.1) is 6.61 Å². The van der Waals surface area contributed by atoms with Gasteiger partial charge in [0.25, 0.3) is 0 Å². The van der Waals surface area contributed by atoms with Crippen LogP contribution in [0.3, 0.4) is 0 Å². The van der Waals surface area contributed by atoms with Gasteiger partial charge in [-0.05, 0) is 53.8 Å². The van der Waals surface area contributed by atoms with Crippen molar-refractivity contribution >= 4 is 5.97 Å². The van der Waals surface area contributed by atoms with Gasteiger partial charge in [0.1, 0.15) is 19.0 Å². The van der Waals surface area contributed by atoms with E-state index in [-0.39, 0.29) is 25.8 Å². The molecular weight excluding hydrogens is 328 g/mol. The molecule has 2 rings (SSSR count). The van der Waals surface area contributed by atoms with Crippen molar-refractivity contribution in [3.63, 3.8) is 0 Å². The molecule has 0 aromatic heterocycles. The van der Waals surface area contributed by atoms with E-state index in [0.29, 0.717) is 5.57 Å². The molecule has 0 bridgehead atoms. The molecule has 4 heteroatoms. The van der Waals surface area contributed by atoms with Crippen molar-refractivity contribution in [3.05, 3.63) is 65.7 Å². The summed E-state index contributed by atoms with van der Waals surface area (Å²) in [5.74, 6) is 0.351. The summed E-state index contributed by atoms with van der Waals surface area (Å²) in [7, 11) is 0. The van der Waals surface area contributed by atoms with Gasteiger partial charge in [-0.1, -0.05) is 44.2 Å². The minimum absolute atomic E-state index is 0.00704. The second kappa shape index (κ2) is 9.78. The van der Waals surface area contributed by atoms with E-state index in [1.165, 1.54) is 5.56 Å². The maximum Gasteiger partial charge on any atom is 0.333 e. The van der Waals surface area contributed by atoms with Crippen LogP contribution in [0.25, 0.3) is 11.1 Å². The summed E-state index contributed by atoms with van der Waals surface area (Å²) in [5.41, 5.74) is 4.71. The van der Waals surface area contributed by atoms with Crippen molar-refractivity contribution in [2.45, 2.75) is 33.3 Å². The molecule has 0 unspecified atom stereocenters. The maximum absolute atomic E-state index is 11.7. The number of rotatable bonds is 9. The summed E-state index contributed by atoms with van der Waals surface area (Å²) in [6.07, 6.45) is 1.96. The Morgan fingerprint density at radius 1 is 1.08 bits per heavy atom. The number of hydrogen-bond donors (Lipinski definition) is 1. The fourth-order valence-electron chi connectivity index (χ4n) is 2.63. The van der Waals surface area contributed by atoms with Crippen molar-refractivity contribution in [3.8, 4) is 16.9 Å². The quantitative estimate of drug-likeness (QED) is 0.539. The topological polar surface area (TPSA) is 55.8 Å². The Kier molecular flexibility index (Phi) is 7.42. The van der Waals surface area contributed by atoms with Crippen LogP contribution in [0.1, 0.15) is 31.4 Å². The number of benzene rings is 2. The van der Waals surface area contributed by atoms with Crippen molar-refractivity contribution in [1.29, 1.82) is 0 Å². The average Bonchev–Trinajstić information content (AvgIpc) is 2.65. The minimum Gasteiger partial charge on any atom is -0.491 e. The number of carbonyl (C=O) groups is 1. The van der Waals surface area contributed by atoms with E-state index >= 15 is 0 Å². The number of hydrogen-bond acceptors (Lipinski definition) is 4. The largest absolute Gasteiger partial charge is 0.491 e. The number of aryl methyl sites for hydroxylation is 1. The first kappa shape index (κ1) is 19.7. The van der Waals surface area contributed by atoms with E-state index in [1.54, 1.807) is 6.92 Å². The van der Waals surface area contributed by atoms with E-state index in [1.807, 2.05) is 24.3 Å². The first-order valence-electron chi connectivity index (χ1n) is 8.83. The molecule has 0 aliphatic heterocycles. The SMILES string of the molecule is C=C(C)C(=O)OCc1cc(-c2ccc(OCCO)cc2)ccc1CCC. The molecule has 0 heterocycles. The molecule has 0 atom stereocenters. The van der Waals surface area contributed by atoms with E-state index < -0.39 is 0 Å². The highest BCUT2D eigenvalue weighted by Gasteiger charge is 2.09. The lowest BCUT2D eigenvalue weighted by Gasteiger charge is -2.13. The molecule has 0 aliphatic rings. The van der Waals surface area contributed by atoms with Gasteiger partial charge in [-0.3, -0.25) is 0 Å². The number of esters is 1. The molecule has 0 fully saturated rings. The molecule has 0 saturated heterocycles. The van der Waals surface area contributed by atoms with Gasteiger partial charge in [0, 0.05) is 5.57 Å². The fourth-order valence-corrected chi connectivity index (χ4v) is 2.63. The van der Waals surface area contributed by atoms with Crippen molar-refractivity contribution in [2.24, 2.45) is 0 Å². The summed E-state index contributed by atoms with van der Waals surface area (Å²) >= 11 is 0. The van der Waals surface area contributed by atoms with Gasteiger partial charge in [-0.15, -0.1) is 0 Å². The van der Waals surface area contributed by atoms with E-state index in [9.17, 15) is 4.79 Å². The van der Waals surface area contributed by atoms with Crippen molar-refractivity contribution < 1.29 is 19.4 Å². The lowest BCUT2D eigenvalue weighted by atomic mass is 9.97. The Hall–Kier alpha value is -2.59.